The Kier molecular flexibility index (Phi) is 7.26. The predicted molar refractivity (Wildman–Crippen MR) is 117 cm³/mol. The van der Waals surface area contributed by atoms with Gasteiger partial charge in [-0.25, -0.2) is 0 Å². The average molecular weight is 492 g/mol. The maximum atomic E-state index is 12.5. The van der Waals surface area contributed by atoms with Crippen molar-refractivity contribution >= 4 is 40.1 Å². The van der Waals surface area contributed by atoms with Crippen LogP contribution >= 0.6 is 34.2 Å². The lowest BCUT2D eigenvalue weighted by Gasteiger charge is -2.12. The van der Waals surface area contributed by atoms with E-state index in [-0.39, 0.29) is 5.91 Å². The molecule has 138 valence electrons. The molecule has 0 aliphatic carbocycles. The van der Waals surface area contributed by atoms with E-state index in [1.807, 2.05) is 60.7 Å². The molecule has 1 amide bonds. The van der Waals surface area contributed by atoms with Gasteiger partial charge in [-0.1, -0.05) is 66.2 Å². The van der Waals surface area contributed by atoms with E-state index in [1.165, 1.54) is 0 Å². The largest absolute Gasteiger partial charge is 0.372 e. The molecule has 0 aliphatic heterocycles. The molecule has 0 saturated carbocycles. The summed E-state index contributed by atoms with van der Waals surface area (Å²) in [4.78, 5) is 12.5. The van der Waals surface area contributed by atoms with Gasteiger partial charge in [0.2, 0.25) is 0 Å². The molecule has 3 aromatic rings. The number of hydrogen-bond acceptors (Lipinski definition) is 2. The summed E-state index contributed by atoms with van der Waals surface area (Å²) >= 11 is 8.15. The van der Waals surface area contributed by atoms with Gasteiger partial charge in [-0.05, 0) is 57.5 Å². The maximum Gasteiger partial charge on any atom is 0.252 e. The van der Waals surface area contributed by atoms with Crippen molar-refractivity contribution in [3.63, 3.8) is 0 Å². The fourth-order valence-electron chi connectivity index (χ4n) is 2.67. The Hall–Kier alpha value is -1.89. The standard InChI is InChI=1S/C22H19ClINO2/c23-19-10-11-21(24)20(12-19)22(26)25-13-17-8-4-5-9-18(17)15-27-14-16-6-2-1-3-7-16/h1-12H,13-15H2,(H,25,26). The molecule has 3 nitrogen and oxygen atoms in total. The number of carbonyl (C=O) groups excluding carboxylic acids is 1. The number of amides is 1. The zero-order valence-electron chi connectivity index (χ0n) is 14.6. The third kappa shape index (κ3) is 5.79. The van der Waals surface area contributed by atoms with Crippen molar-refractivity contribution in [2.75, 3.05) is 0 Å². The van der Waals surface area contributed by atoms with Crippen molar-refractivity contribution in [2.45, 2.75) is 19.8 Å². The lowest BCUT2D eigenvalue weighted by atomic mass is 10.1. The summed E-state index contributed by atoms with van der Waals surface area (Å²) in [6.07, 6.45) is 0. The quantitative estimate of drug-likeness (QED) is 0.438. The molecule has 0 spiro atoms. The number of hydrogen-bond donors (Lipinski definition) is 1. The molecule has 5 heteroatoms. The molecule has 0 heterocycles. The van der Waals surface area contributed by atoms with Crippen LogP contribution in [0.3, 0.4) is 0 Å². The van der Waals surface area contributed by atoms with Gasteiger partial charge in [0.1, 0.15) is 0 Å². The lowest BCUT2D eigenvalue weighted by molar-refractivity contribution is 0.0946. The van der Waals surface area contributed by atoms with Gasteiger partial charge in [-0.2, -0.15) is 0 Å². The molecule has 0 fully saturated rings. The van der Waals surface area contributed by atoms with Crippen LogP contribution in [0.25, 0.3) is 0 Å². The fourth-order valence-corrected chi connectivity index (χ4v) is 3.42. The SMILES string of the molecule is O=C(NCc1ccccc1COCc1ccccc1)c1cc(Cl)ccc1I. The molecular formula is C22H19ClINO2. The summed E-state index contributed by atoms with van der Waals surface area (Å²) in [7, 11) is 0. The Morgan fingerprint density at radius 2 is 1.63 bits per heavy atom. The molecule has 0 unspecified atom stereocenters. The van der Waals surface area contributed by atoms with Gasteiger partial charge in [0.15, 0.2) is 0 Å². The Morgan fingerprint density at radius 1 is 0.926 bits per heavy atom. The van der Waals surface area contributed by atoms with Gasteiger partial charge in [-0.15, -0.1) is 0 Å². The summed E-state index contributed by atoms with van der Waals surface area (Å²) in [5.74, 6) is -0.137. The highest BCUT2D eigenvalue weighted by molar-refractivity contribution is 14.1. The minimum Gasteiger partial charge on any atom is -0.372 e. The van der Waals surface area contributed by atoms with Crippen molar-refractivity contribution in [3.8, 4) is 0 Å². The summed E-state index contributed by atoms with van der Waals surface area (Å²) < 4.78 is 6.71. The molecule has 0 radical (unpaired) electrons. The molecule has 0 saturated heterocycles. The first-order valence-corrected chi connectivity index (χ1v) is 10.0. The highest BCUT2D eigenvalue weighted by Gasteiger charge is 2.11. The van der Waals surface area contributed by atoms with Crippen LogP contribution in [0, 0.1) is 3.57 Å². The van der Waals surface area contributed by atoms with Crippen molar-refractivity contribution in [3.05, 3.63) is 104 Å². The fraction of sp³-hybridized carbons (Fsp3) is 0.136. The van der Waals surface area contributed by atoms with E-state index in [4.69, 9.17) is 16.3 Å². The van der Waals surface area contributed by atoms with Crippen LogP contribution in [0.4, 0.5) is 0 Å². The van der Waals surface area contributed by atoms with Crippen LogP contribution in [0.15, 0.2) is 72.8 Å². The summed E-state index contributed by atoms with van der Waals surface area (Å²) in [6, 6.07) is 23.3. The average Bonchev–Trinajstić information content (AvgIpc) is 2.69. The molecular weight excluding hydrogens is 473 g/mol. The normalized spacial score (nSPS) is 10.6. The smallest absolute Gasteiger partial charge is 0.252 e. The molecule has 3 aromatic carbocycles. The number of ether oxygens (including phenoxy) is 1. The predicted octanol–water partition coefficient (Wildman–Crippen LogP) is 5.59. The van der Waals surface area contributed by atoms with Crippen molar-refractivity contribution in [1.29, 1.82) is 0 Å². The Balaban J connectivity index is 1.60. The highest BCUT2D eigenvalue weighted by atomic mass is 127. The third-order valence-corrected chi connectivity index (χ3v) is 5.28. The van der Waals surface area contributed by atoms with E-state index in [0.717, 1.165) is 20.3 Å². The second-order valence-corrected chi connectivity index (χ2v) is 7.65. The van der Waals surface area contributed by atoms with Crippen LogP contribution in [-0.2, 0) is 24.5 Å². The van der Waals surface area contributed by atoms with Gasteiger partial charge in [0, 0.05) is 15.1 Å². The van der Waals surface area contributed by atoms with E-state index in [9.17, 15) is 4.79 Å². The van der Waals surface area contributed by atoms with Gasteiger partial charge >= 0.3 is 0 Å². The minimum absolute atomic E-state index is 0.137. The highest BCUT2D eigenvalue weighted by Crippen LogP contribution is 2.18. The second kappa shape index (κ2) is 9.88. The molecule has 0 atom stereocenters. The van der Waals surface area contributed by atoms with E-state index in [0.29, 0.717) is 30.3 Å². The van der Waals surface area contributed by atoms with Gasteiger partial charge in [-0.3, -0.25) is 4.79 Å². The molecule has 0 bridgehead atoms. The molecule has 27 heavy (non-hydrogen) atoms. The zero-order valence-corrected chi connectivity index (χ0v) is 17.5. The molecule has 3 rings (SSSR count). The van der Waals surface area contributed by atoms with Crippen LogP contribution in [0.1, 0.15) is 27.0 Å². The number of carbonyl (C=O) groups is 1. The van der Waals surface area contributed by atoms with Gasteiger partial charge in [0.25, 0.3) is 5.91 Å². The maximum absolute atomic E-state index is 12.5. The van der Waals surface area contributed by atoms with Crippen LogP contribution < -0.4 is 5.32 Å². The van der Waals surface area contributed by atoms with E-state index >= 15 is 0 Å². The van der Waals surface area contributed by atoms with Crippen molar-refractivity contribution in [2.24, 2.45) is 0 Å². The summed E-state index contributed by atoms with van der Waals surface area (Å²) in [6.45, 7) is 1.49. The molecule has 1 N–H and O–H groups in total. The first-order valence-electron chi connectivity index (χ1n) is 8.55. The van der Waals surface area contributed by atoms with Crippen molar-refractivity contribution in [1.82, 2.24) is 5.32 Å². The Labute approximate surface area is 177 Å². The molecule has 0 aromatic heterocycles. The third-order valence-electron chi connectivity index (χ3n) is 4.10. The van der Waals surface area contributed by atoms with E-state index in [1.54, 1.807) is 12.1 Å². The Bertz CT molecular complexity index is 915. The monoisotopic (exact) mass is 491 g/mol. The topological polar surface area (TPSA) is 38.3 Å². The number of rotatable bonds is 7. The van der Waals surface area contributed by atoms with E-state index in [2.05, 4.69) is 27.9 Å². The van der Waals surface area contributed by atoms with E-state index < -0.39 is 0 Å². The minimum atomic E-state index is -0.137. The second-order valence-electron chi connectivity index (χ2n) is 6.05. The van der Waals surface area contributed by atoms with Crippen molar-refractivity contribution < 1.29 is 9.53 Å². The molecule has 0 aliphatic rings. The number of halogens is 2. The zero-order chi connectivity index (χ0) is 19.1. The number of nitrogens with one attached hydrogen (secondary N) is 1. The summed E-state index contributed by atoms with van der Waals surface area (Å²) in [5, 5.41) is 3.53. The van der Waals surface area contributed by atoms with Crippen LogP contribution in [0.2, 0.25) is 5.02 Å². The van der Waals surface area contributed by atoms with Gasteiger partial charge < -0.3 is 10.1 Å². The summed E-state index contributed by atoms with van der Waals surface area (Å²) in [5.41, 5.74) is 3.82. The first kappa shape index (κ1) is 19.9. The lowest BCUT2D eigenvalue weighted by Crippen LogP contribution is -2.24. The van der Waals surface area contributed by atoms with Crippen LogP contribution in [-0.4, -0.2) is 5.91 Å². The van der Waals surface area contributed by atoms with Gasteiger partial charge in [0.05, 0.1) is 18.8 Å². The first-order chi connectivity index (χ1) is 13.1. The van der Waals surface area contributed by atoms with Crippen LogP contribution in [0.5, 0.6) is 0 Å². The Morgan fingerprint density at radius 3 is 2.41 bits per heavy atom. The number of benzene rings is 3.